The zero-order chi connectivity index (χ0) is 46.8. The standard InChI is InChI=1S/C67H52N2/c1-65(2)57-17-9-7-15-51(57)53-25-21-41(37-59(53)65)45-31-47(35-49(33-45)63-19-11-13-29-68-63)43-23-27-55-56-28-24-44(40-62(56)67(5,6)61(55)39-43)48-32-46(34-50(36-48)64-20-12-14-30-69-64)42-22-26-54-52-16-8-10-18-58(52)66(3,4)60(54)38-42/h7-40H,1-6H3. The minimum absolute atomic E-state index is 0.0822. The Balaban J connectivity index is 0.892. The van der Waals surface area contributed by atoms with E-state index < -0.39 is 0 Å². The van der Waals surface area contributed by atoms with Crippen LogP contribution in [0.25, 0.3) is 100 Å². The number of pyridine rings is 2. The Kier molecular flexibility index (Phi) is 8.99. The van der Waals surface area contributed by atoms with Crippen molar-refractivity contribution < 1.29 is 0 Å². The van der Waals surface area contributed by atoms with Crippen LogP contribution in [0.15, 0.2) is 207 Å². The maximum atomic E-state index is 4.84. The molecule has 0 N–H and O–H groups in total. The molecule has 0 spiro atoms. The normalized spacial score (nSPS) is 14.9. The molecule has 3 aliphatic carbocycles. The summed E-state index contributed by atoms with van der Waals surface area (Å²) in [5.41, 5.74) is 29.5. The van der Waals surface area contributed by atoms with Crippen molar-refractivity contribution in [2.45, 2.75) is 57.8 Å². The molecule has 0 unspecified atom stereocenters. The van der Waals surface area contributed by atoms with Crippen molar-refractivity contribution in [2.75, 3.05) is 0 Å². The van der Waals surface area contributed by atoms with Gasteiger partial charge in [0.25, 0.3) is 0 Å². The van der Waals surface area contributed by atoms with Gasteiger partial charge in [0.15, 0.2) is 0 Å². The van der Waals surface area contributed by atoms with Crippen molar-refractivity contribution in [1.29, 1.82) is 0 Å². The molecule has 2 heteroatoms. The summed E-state index contributed by atoms with van der Waals surface area (Å²) in [4.78, 5) is 9.67. The molecule has 330 valence electrons. The van der Waals surface area contributed by atoms with E-state index in [1.165, 1.54) is 111 Å². The Morgan fingerprint density at radius 2 is 0.507 bits per heavy atom. The summed E-state index contributed by atoms with van der Waals surface area (Å²) in [5.74, 6) is 0. The van der Waals surface area contributed by atoms with Crippen LogP contribution in [0.1, 0.15) is 74.9 Å². The third-order valence-corrected chi connectivity index (χ3v) is 16.0. The SMILES string of the molecule is CC1(C)c2ccccc2-c2ccc(-c3cc(-c4ccc5c(c4)C(C)(C)c4cc(-c6cc(-c7ccc8c(c7)C(C)(C)c7ccccc7-8)cc(-c7ccccn7)c6)ccc4-5)cc(-c4ccccn4)c3)cc21. The molecule has 0 radical (unpaired) electrons. The van der Waals surface area contributed by atoms with Crippen LogP contribution in [0, 0.1) is 0 Å². The van der Waals surface area contributed by atoms with Gasteiger partial charge in [-0.15, -0.1) is 0 Å². The highest BCUT2D eigenvalue weighted by Crippen LogP contribution is 2.54. The fourth-order valence-corrected chi connectivity index (χ4v) is 12.1. The van der Waals surface area contributed by atoms with Crippen molar-refractivity contribution in [1.82, 2.24) is 9.97 Å². The van der Waals surface area contributed by atoms with Crippen LogP contribution in [0.2, 0.25) is 0 Å². The number of aromatic nitrogens is 2. The van der Waals surface area contributed by atoms with Crippen LogP contribution in [-0.4, -0.2) is 9.97 Å². The number of nitrogens with zero attached hydrogens (tertiary/aromatic N) is 2. The lowest BCUT2D eigenvalue weighted by molar-refractivity contribution is 0.660. The second kappa shape index (κ2) is 15.0. The van der Waals surface area contributed by atoms with E-state index in [9.17, 15) is 0 Å². The molecule has 2 aromatic heterocycles. The maximum absolute atomic E-state index is 4.84. The van der Waals surface area contributed by atoms with E-state index in [4.69, 9.17) is 9.97 Å². The smallest absolute Gasteiger partial charge is 0.0702 e. The van der Waals surface area contributed by atoms with Crippen molar-refractivity contribution in [3.05, 3.63) is 240 Å². The van der Waals surface area contributed by atoms with Crippen LogP contribution in [-0.2, 0) is 16.2 Å². The molecule has 0 bridgehead atoms. The van der Waals surface area contributed by atoms with Gasteiger partial charge in [0.05, 0.1) is 11.4 Å². The molecule has 0 saturated heterocycles. The van der Waals surface area contributed by atoms with Crippen molar-refractivity contribution in [3.8, 4) is 100 Å². The van der Waals surface area contributed by atoms with Crippen LogP contribution >= 0.6 is 0 Å². The van der Waals surface area contributed by atoms with E-state index in [-0.39, 0.29) is 16.2 Å². The first-order valence-corrected chi connectivity index (χ1v) is 24.4. The first-order chi connectivity index (χ1) is 33.4. The van der Waals surface area contributed by atoms with Gasteiger partial charge in [0, 0.05) is 39.8 Å². The highest BCUT2D eigenvalue weighted by molar-refractivity contribution is 5.91. The third-order valence-electron chi connectivity index (χ3n) is 16.0. The summed E-state index contributed by atoms with van der Waals surface area (Å²) in [6, 6.07) is 72.5. The first-order valence-electron chi connectivity index (χ1n) is 24.4. The van der Waals surface area contributed by atoms with Gasteiger partial charge in [0.2, 0.25) is 0 Å². The van der Waals surface area contributed by atoms with Crippen molar-refractivity contribution in [2.24, 2.45) is 0 Å². The van der Waals surface area contributed by atoms with Crippen LogP contribution in [0.5, 0.6) is 0 Å². The zero-order valence-electron chi connectivity index (χ0n) is 40.0. The molecule has 2 nitrogen and oxygen atoms in total. The second-order valence-corrected chi connectivity index (χ2v) is 21.0. The molecule has 13 rings (SSSR count). The van der Waals surface area contributed by atoms with Crippen LogP contribution in [0.4, 0.5) is 0 Å². The number of hydrogen-bond donors (Lipinski definition) is 0. The molecule has 0 aliphatic heterocycles. The van der Waals surface area contributed by atoms with Gasteiger partial charge in [-0.3, -0.25) is 9.97 Å². The number of benzene rings is 8. The summed E-state index contributed by atoms with van der Waals surface area (Å²) in [7, 11) is 0. The Morgan fingerprint density at radius 3 is 0.826 bits per heavy atom. The predicted octanol–water partition coefficient (Wildman–Crippen LogP) is 17.4. The van der Waals surface area contributed by atoms with E-state index in [0.717, 1.165) is 22.5 Å². The van der Waals surface area contributed by atoms with Gasteiger partial charge in [-0.1, -0.05) is 151 Å². The van der Waals surface area contributed by atoms with Gasteiger partial charge in [-0.2, -0.15) is 0 Å². The fourth-order valence-electron chi connectivity index (χ4n) is 12.1. The average Bonchev–Trinajstić information content (AvgIpc) is 3.87. The van der Waals surface area contributed by atoms with Gasteiger partial charge < -0.3 is 0 Å². The van der Waals surface area contributed by atoms with Crippen LogP contribution in [0.3, 0.4) is 0 Å². The summed E-state index contributed by atoms with van der Waals surface area (Å²) >= 11 is 0. The molecule has 0 amide bonds. The molecular formula is C67H52N2. The summed E-state index contributed by atoms with van der Waals surface area (Å²) in [5, 5.41) is 0. The monoisotopic (exact) mass is 884 g/mol. The molecule has 0 atom stereocenters. The highest BCUT2D eigenvalue weighted by atomic mass is 14.7. The van der Waals surface area contributed by atoms with Crippen molar-refractivity contribution >= 4 is 0 Å². The van der Waals surface area contributed by atoms with Gasteiger partial charge in [-0.25, -0.2) is 0 Å². The molecule has 0 saturated carbocycles. The minimum atomic E-state index is -0.235. The third kappa shape index (κ3) is 6.39. The first kappa shape index (κ1) is 41.3. The highest BCUT2D eigenvalue weighted by Gasteiger charge is 2.38. The Morgan fingerprint density at radius 1 is 0.232 bits per heavy atom. The summed E-state index contributed by atoms with van der Waals surface area (Å²) in [6.07, 6.45) is 3.78. The molecule has 10 aromatic rings. The average molecular weight is 885 g/mol. The lowest BCUT2D eigenvalue weighted by Crippen LogP contribution is -2.15. The zero-order valence-corrected chi connectivity index (χ0v) is 40.0. The Labute approximate surface area is 406 Å². The maximum Gasteiger partial charge on any atom is 0.0702 e. The molecule has 3 aliphatic rings. The Bertz CT molecular complexity index is 3490. The van der Waals surface area contributed by atoms with E-state index in [1.807, 2.05) is 24.5 Å². The van der Waals surface area contributed by atoms with Crippen LogP contribution < -0.4 is 0 Å². The topological polar surface area (TPSA) is 25.8 Å². The molecular weight excluding hydrogens is 833 g/mol. The summed E-state index contributed by atoms with van der Waals surface area (Å²) < 4.78 is 0. The van der Waals surface area contributed by atoms with E-state index in [2.05, 4.69) is 224 Å². The van der Waals surface area contributed by atoms with E-state index in [0.29, 0.717) is 0 Å². The van der Waals surface area contributed by atoms with Gasteiger partial charge >= 0.3 is 0 Å². The largest absolute Gasteiger partial charge is 0.256 e. The van der Waals surface area contributed by atoms with E-state index >= 15 is 0 Å². The quantitative estimate of drug-likeness (QED) is 0.166. The second-order valence-electron chi connectivity index (χ2n) is 21.0. The Hall–Kier alpha value is -7.94. The minimum Gasteiger partial charge on any atom is -0.256 e. The number of fused-ring (bicyclic) bond motifs is 9. The number of hydrogen-bond acceptors (Lipinski definition) is 2. The molecule has 2 heterocycles. The molecule has 8 aromatic carbocycles. The van der Waals surface area contributed by atoms with Crippen molar-refractivity contribution in [3.63, 3.8) is 0 Å². The molecule has 0 fully saturated rings. The van der Waals surface area contributed by atoms with Gasteiger partial charge in [0.1, 0.15) is 0 Å². The molecule has 69 heavy (non-hydrogen) atoms. The number of rotatable bonds is 6. The lowest BCUT2D eigenvalue weighted by atomic mass is 9.80. The fraction of sp³-hybridized carbons (Fsp3) is 0.134. The van der Waals surface area contributed by atoms with E-state index in [1.54, 1.807) is 0 Å². The predicted molar refractivity (Wildman–Crippen MR) is 287 cm³/mol. The summed E-state index contributed by atoms with van der Waals surface area (Å²) in [6.45, 7) is 14.2. The van der Waals surface area contributed by atoms with Gasteiger partial charge in [-0.05, 0) is 196 Å². The lowest BCUT2D eigenvalue weighted by Gasteiger charge is -2.23.